The van der Waals surface area contributed by atoms with E-state index in [1.54, 1.807) is 24.3 Å². The number of rotatable bonds is 6. The molecule has 0 saturated carbocycles. The Balaban J connectivity index is 1.39. The van der Waals surface area contributed by atoms with Crippen LogP contribution in [0.3, 0.4) is 0 Å². The number of nitrogens with zero attached hydrogens (tertiary/aromatic N) is 3. The summed E-state index contributed by atoms with van der Waals surface area (Å²) in [5.74, 6) is 0. The summed E-state index contributed by atoms with van der Waals surface area (Å²) in [5, 5.41) is 17.0. The van der Waals surface area contributed by atoms with E-state index in [1.807, 2.05) is 13.0 Å². The van der Waals surface area contributed by atoms with Crippen molar-refractivity contribution in [1.29, 1.82) is 0 Å². The summed E-state index contributed by atoms with van der Waals surface area (Å²) >= 11 is 5.97. The number of benzene rings is 2. The highest BCUT2D eigenvalue weighted by Crippen LogP contribution is 2.21. The summed E-state index contributed by atoms with van der Waals surface area (Å²) < 4.78 is 0. The van der Waals surface area contributed by atoms with Gasteiger partial charge in [0.15, 0.2) is 0 Å². The van der Waals surface area contributed by atoms with Crippen molar-refractivity contribution < 1.29 is 9.72 Å². The molecule has 2 aromatic carbocycles. The Hall–Kier alpha value is -2.84. The molecule has 0 atom stereocenters. The molecule has 0 aliphatic carbocycles. The molecular formula is C20H24ClN5O3. The number of nitro benzene ring substituents is 1. The Morgan fingerprint density at radius 2 is 1.83 bits per heavy atom. The average molecular weight is 418 g/mol. The number of urea groups is 1. The summed E-state index contributed by atoms with van der Waals surface area (Å²) in [6.45, 7) is 6.63. The SMILES string of the molecule is Cc1ccc(Cl)cc1NC(=O)NCCN1CCN(c2ccc([N+](=O)[O-])cc2)CC1. The second-order valence-corrected chi connectivity index (χ2v) is 7.38. The molecule has 0 spiro atoms. The Morgan fingerprint density at radius 1 is 1.14 bits per heavy atom. The Morgan fingerprint density at radius 3 is 2.48 bits per heavy atom. The topological polar surface area (TPSA) is 90.8 Å². The van der Waals surface area contributed by atoms with Crippen LogP contribution >= 0.6 is 11.6 Å². The number of halogens is 1. The van der Waals surface area contributed by atoms with E-state index in [0.717, 1.165) is 44.0 Å². The molecular weight excluding hydrogens is 394 g/mol. The van der Waals surface area contributed by atoms with Gasteiger partial charge in [0.2, 0.25) is 0 Å². The van der Waals surface area contributed by atoms with E-state index in [1.165, 1.54) is 12.1 Å². The van der Waals surface area contributed by atoms with Crippen LogP contribution in [-0.4, -0.2) is 55.1 Å². The first-order valence-corrected chi connectivity index (χ1v) is 9.83. The van der Waals surface area contributed by atoms with Gasteiger partial charge in [-0.1, -0.05) is 17.7 Å². The number of piperazine rings is 1. The number of carbonyl (C=O) groups excluding carboxylic acids is 1. The van der Waals surface area contributed by atoms with Gasteiger partial charge in [-0.05, 0) is 36.8 Å². The van der Waals surface area contributed by atoms with Gasteiger partial charge in [0.05, 0.1) is 4.92 Å². The predicted octanol–water partition coefficient (Wildman–Crippen LogP) is 3.50. The van der Waals surface area contributed by atoms with Crippen LogP contribution in [0.2, 0.25) is 5.02 Å². The number of hydrogen-bond acceptors (Lipinski definition) is 5. The molecule has 154 valence electrons. The quantitative estimate of drug-likeness (QED) is 0.554. The maximum atomic E-state index is 12.1. The molecule has 29 heavy (non-hydrogen) atoms. The van der Waals surface area contributed by atoms with Crippen LogP contribution in [-0.2, 0) is 0 Å². The number of aryl methyl sites for hydroxylation is 1. The van der Waals surface area contributed by atoms with Crippen molar-refractivity contribution in [2.45, 2.75) is 6.92 Å². The van der Waals surface area contributed by atoms with E-state index in [-0.39, 0.29) is 11.7 Å². The number of amides is 2. The van der Waals surface area contributed by atoms with E-state index in [2.05, 4.69) is 20.4 Å². The first-order chi connectivity index (χ1) is 13.9. The number of hydrogen-bond donors (Lipinski definition) is 2. The molecule has 0 radical (unpaired) electrons. The molecule has 0 aromatic heterocycles. The summed E-state index contributed by atoms with van der Waals surface area (Å²) in [4.78, 5) is 27.0. The van der Waals surface area contributed by atoms with Crippen LogP contribution in [0.5, 0.6) is 0 Å². The lowest BCUT2D eigenvalue weighted by molar-refractivity contribution is -0.384. The molecule has 0 bridgehead atoms. The molecule has 1 saturated heterocycles. The van der Waals surface area contributed by atoms with Gasteiger partial charge in [-0.2, -0.15) is 0 Å². The first kappa shape index (κ1) is 20.9. The fourth-order valence-electron chi connectivity index (χ4n) is 3.24. The van der Waals surface area contributed by atoms with Crippen molar-refractivity contribution in [3.63, 3.8) is 0 Å². The van der Waals surface area contributed by atoms with Crippen LogP contribution in [0.4, 0.5) is 21.9 Å². The first-order valence-electron chi connectivity index (χ1n) is 9.45. The number of carbonyl (C=O) groups is 1. The van der Waals surface area contributed by atoms with Gasteiger partial charge in [-0.25, -0.2) is 4.79 Å². The zero-order chi connectivity index (χ0) is 20.8. The van der Waals surface area contributed by atoms with Gasteiger partial charge in [-0.15, -0.1) is 0 Å². The zero-order valence-corrected chi connectivity index (χ0v) is 17.0. The molecule has 1 aliphatic heterocycles. The summed E-state index contributed by atoms with van der Waals surface area (Å²) in [6.07, 6.45) is 0. The third kappa shape index (κ3) is 5.82. The number of nitro groups is 1. The van der Waals surface area contributed by atoms with Gasteiger partial charge >= 0.3 is 6.03 Å². The number of anilines is 2. The number of non-ortho nitro benzene ring substituents is 1. The van der Waals surface area contributed by atoms with E-state index < -0.39 is 4.92 Å². The third-order valence-corrected chi connectivity index (χ3v) is 5.19. The lowest BCUT2D eigenvalue weighted by Gasteiger charge is -2.36. The van der Waals surface area contributed by atoms with Crippen LogP contribution in [0.1, 0.15) is 5.56 Å². The molecule has 0 unspecified atom stereocenters. The molecule has 1 heterocycles. The fourth-order valence-corrected chi connectivity index (χ4v) is 3.41. The third-order valence-electron chi connectivity index (χ3n) is 4.96. The van der Waals surface area contributed by atoms with Crippen molar-refractivity contribution in [3.8, 4) is 0 Å². The molecule has 2 amide bonds. The summed E-state index contributed by atoms with van der Waals surface area (Å²) in [6, 6.07) is 11.8. The Labute approximate surface area is 174 Å². The summed E-state index contributed by atoms with van der Waals surface area (Å²) in [7, 11) is 0. The Bertz CT molecular complexity index is 867. The fraction of sp³-hybridized carbons (Fsp3) is 0.350. The molecule has 2 aromatic rings. The van der Waals surface area contributed by atoms with Gasteiger partial charge < -0.3 is 15.5 Å². The van der Waals surface area contributed by atoms with E-state index >= 15 is 0 Å². The van der Waals surface area contributed by atoms with Gasteiger partial charge in [0, 0.05) is 67.8 Å². The second-order valence-electron chi connectivity index (χ2n) is 6.94. The highest BCUT2D eigenvalue weighted by molar-refractivity contribution is 6.31. The lowest BCUT2D eigenvalue weighted by Crippen LogP contribution is -2.48. The summed E-state index contributed by atoms with van der Waals surface area (Å²) in [5.41, 5.74) is 2.74. The van der Waals surface area contributed by atoms with Crippen molar-refractivity contribution >= 4 is 34.7 Å². The average Bonchev–Trinajstić information content (AvgIpc) is 2.71. The van der Waals surface area contributed by atoms with Crippen LogP contribution in [0.25, 0.3) is 0 Å². The largest absolute Gasteiger partial charge is 0.369 e. The molecule has 9 heteroatoms. The van der Waals surface area contributed by atoms with Crippen LogP contribution in [0, 0.1) is 17.0 Å². The van der Waals surface area contributed by atoms with Crippen LogP contribution in [0.15, 0.2) is 42.5 Å². The highest BCUT2D eigenvalue weighted by Gasteiger charge is 2.18. The van der Waals surface area contributed by atoms with Crippen molar-refractivity contribution in [1.82, 2.24) is 10.2 Å². The number of nitrogens with one attached hydrogen (secondary N) is 2. The normalized spacial score (nSPS) is 14.5. The molecule has 2 N–H and O–H groups in total. The standard InChI is InChI=1S/C20H24ClN5O3/c1-15-2-3-16(21)14-19(15)23-20(27)22-8-9-24-10-12-25(13-11-24)17-4-6-18(7-5-17)26(28)29/h2-7,14H,8-13H2,1H3,(H2,22,23,27). The van der Waals surface area contributed by atoms with E-state index in [0.29, 0.717) is 17.3 Å². The monoisotopic (exact) mass is 417 g/mol. The smallest absolute Gasteiger partial charge is 0.319 e. The zero-order valence-electron chi connectivity index (χ0n) is 16.2. The second kappa shape index (κ2) is 9.58. The van der Waals surface area contributed by atoms with Crippen molar-refractivity contribution in [3.05, 3.63) is 63.2 Å². The maximum Gasteiger partial charge on any atom is 0.319 e. The highest BCUT2D eigenvalue weighted by atomic mass is 35.5. The molecule has 1 fully saturated rings. The van der Waals surface area contributed by atoms with Gasteiger partial charge in [0.25, 0.3) is 5.69 Å². The van der Waals surface area contributed by atoms with Gasteiger partial charge in [0.1, 0.15) is 0 Å². The van der Waals surface area contributed by atoms with E-state index in [9.17, 15) is 14.9 Å². The molecule has 1 aliphatic rings. The van der Waals surface area contributed by atoms with Crippen LogP contribution < -0.4 is 15.5 Å². The maximum absolute atomic E-state index is 12.1. The molecule has 3 rings (SSSR count). The predicted molar refractivity (Wildman–Crippen MR) is 115 cm³/mol. The van der Waals surface area contributed by atoms with E-state index in [4.69, 9.17) is 11.6 Å². The molecule has 8 nitrogen and oxygen atoms in total. The lowest BCUT2D eigenvalue weighted by atomic mass is 10.2. The minimum atomic E-state index is -0.390. The minimum absolute atomic E-state index is 0.102. The Kier molecular flexibility index (Phi) is 6.90. The van der Waals surface area contributed by atoms with Crippen molar-refractivity contribution in [2.75, 3.05) is 49.5 Å². The van der Waals surface area contributed by atoms with Gasteiger partial charge in [-0.3, -0.25) is 15.0 Å². The minimum Gasteiger partial charge on any atom is -0.369 e. The van der Waals surface area contributed by atoms with Crippen molar-refractivity contribution in [2.24, 2.45) is 0 Å².